The fraction of sp³-hybridized carbons (Fsp3) is 0. The molecule has 0 fully saturated rings. The number of nitrogens with zero attached hydrogens (tertiary/aromatic N) is 1. The number of aromatic carboxylic acids is 1. The fourth-order valence-electron chi connectivity index (χ4n) is 1.17. The predicted octanol–water partition coefficient (Wildman–Crippen LogP) is 2.72. The maximum atomic E-state index is 13.6. The van der Waals surface area contributed by atoms with Gasteiger partial charge in [-0.25, -0.2) is 14.2 Å². The van der Waals surface area contributed by atoms with Crippen LogP contribution in [0.2, 0.25) is 0 Å². The van der Waals surface area contributed by atoms with Crippen LogP contribution >= 0.6 is 11.3 Å². The van der Waals surface area contributed by atoms with E-state index in [0.717, 1.165) is 6.07 Å². The Bertz CT molecular complexity index is 514. The molecule has 2 aromatic heterocycles. The average Bonchev–Trinajstić information content (AvgIpc) is 2.73. The molecule has 0 atom stereocenters. The zero-order valence-electron chi connectivity index (χ0n) is 7.98. The minimum Gasteiger partial charge on any atom is -0.478 e. The first-order chi connectivity index (χ1) is 7.68. The monoisotopic (exact) mass is 238 g/mol. The van der Waals surface area contributed by atoms with E-state index in [1.807, 2.05) is 5.38 Å². The normalized spacial score (nSPS) is 10.1. The molecule has 82 valence electrons. The molecule has 16 heavy (non-hydrogen) atoms. The van der Waals surface area contributed by atoms with E-state index in [4.69, 9.17) is 5.11 Å². The molecule has 0 unspecified atom stereocenters. The van der Waals surface area contributed by atoms with Crippen LogP contribution in [0.15, 0.2) is 29.1 Å². The number of carboxylic acid groups (broad SMARTS) is 1. The number of nitrogens with one attached hydrogen (secondary N) is 1. The van der Waals surface area contributed by atoms with Crippen molar-refractivity contribution in [2.75, 3.05) is 5.32 Å². The minimum atomic E-state index is -1.31. The molecule has 0 aromatic carbocycles. The topological polar surface area (TPSA) is 62.2 Å². The second kappa shape index (κ2) is 4.28. The molecular weight excluding hydrogens is 231 g/mol. The van der Waals surface area contributed by atoms with Crippen molar-refractivity contribution in [1.29, 1.82) is 0 Å². The van der Waals surface area contributed by atoms with Gasteiger partial charge in [0.05, 0.1) is 5.69 Å². The number of carboxylic acids is 1. The highest BCUT2D eigenvalue weighted by Crippen LogP contribution is 2.21. The highest BCUT2D eigenvalue weighted by Gasteiger charge is 2.14. The highest BCUT2D eigenvalue weighted by molar-refractivity contribution is 7.08. The van der Waals surface area contributed by atoms with Crippen molar-refractivity contribution in [3.63, 3.8) is 0 Å². The van der Waals surface area contributed by atoms with E-state index in [0.29, 0.717) is 5.69 Å². The lowest BCUT2D eigenvalue weighted by molar-refractivity contribution is 0.0692. The van der Waals surface area contributed by atoms with E-state index in [9.17, 15) is 9.18 Å². The highest BCUT2D eigenvalue weighted by atomic mass is 32.1. The SMILES string of the molecule is O=C(O)c1ccnc(Nc2ccsc2)c1F. The maximum absolute atomic E-state index is 13.6. The quantitative estimate of drug-likeness (QED) is 0.863. The summed E-state index contributed by atoms with van der Waals surface area (Å²) in [6.07, 6.45) is 1.25. The first-order valence-electron chi connectivity index (χ1n) is 4.35. The molecule has 0 aliphatic heterocycles. The smallest absolute Gasteiger partial charge is 0.338 e. The van der Waals surface area contributed by atoms with E-state index in [1.54, 1.807) is 11.4 Å². The zero-order valence-corrected chi connectivity index (χ0v) is 8.79. The molecule has 0 aliphatic carbocycles. The summed E-state index contributed by atoms with van der Waals surface area (Å²) >= 11 is 1.45. The van der Waals surface area contributed by atoms with E-state index >= 15 is 0 Å². The van der Waals surface area contributed by atoms with Crippen molar-refractivity contribution in [2.24, 2.45) is 0 Å². The fourth-order valence-corrected chi connectivity index (χ4v) is 1.76. The molecule has 0 saturated heterocycles. The Balaban J connectivity index is 2.35. The van der Waals surface area contributed by atoms with Crippen LogP contribution in [-0.2, 0) is 0 Å². The van der Waals surface area contributed by atoms with Crippen molar-refractivity contribution in [1.82, 2.24) is 4.98 Å². The Morgan fingerprint density at radius 2 is 2.31 bits per heavy atom. The zero-order chi connectivity index (χ0) is 11.5. The molecule has 2 heterocycles. The number of aromatic nitrogens is 1. The summed E-state index contributed by atoms with van der Waals surface area (Å²) < 4.78 is 13.6. The summed E-state index contributed by atoms with van der Waals surface area (Å²) in [6.45, 7) is 0. The van der Waals surface area contributed by atoms with Gasteiger partial charge in [-0.2, -0.15) is 11.3 Å². The molecule has 2 rings (SSSR count). The number of pyridine rings is 1. The Hall–Kier alpha value is -1.95. The summed E-state index contributed by atoms with van der Waals surface area (Å²) in [4.78, 5) is 14.4. The summed E-state index contributed by atoms with van der Waals surface area (Å²) in [5.74, 6) is -2.26. The third kappa shape index (κ3) is 2.01. The van der Waals surface area contributed by atoms with Crippen LogP contribution in [0.4, 0.5) is 15.9 Å². The third-order valence-corrected chi connectivity index (χ3v) is 2.59. The molecule has 4 nitrogen and oxygen atoms in total. The Labute approximate surface area is 94.4 Å². The van der Waals surface area contributed by atoms with Crippen molar-refractivity contribution >= 4 is 28.8 Å². The molecule has 2 aromatic rings. The average molecular weight is 238 g/mol. The number of carbonyl (C=O) groups is 1. The second-order valence-corrected chi connectivity index (χ2v) is 3.74. The van der Waals surface area contributed by atoms with Crippen molar-refractivity contribution in [3.05, 3.63) is 40.5 Å². The third-order valence-electron chi connectivity index (χ3n) is 1.90. The van der Waals surface area contributed by atoms with Crippen LogP contribution in [0.3, 0.4) is 0 Å². The van der Waals surface area contributed by atoms with Crippen LogP contribution in [0.1, 0.15) is 10.4 Å². The number of halogens is 1. The molecule has 0 spiro atoms. The number of hydrogen-bond acceptors (Lipinski definition) is 4. The van der Waals surface area contributed by atoms with Gasteiger partial charge in [-0.15, -0.1) is 0 Å². The van der Waals surface area contributed by atoms with Crippen molar-refractivity contribution in [2.45, 2.75) is 0 Å². The first kappa shape index (κ1) is 10.6. The van der Waals surface area contributed by atoms with E-state index in [2.05, 4.69) is 10.3 Å². The standard InChI is InChI=1S/C10H7FN2O2S/c11-8-7(10(14)15)1-3-12-9(8)13-6-2-4-16-5-6/h1-5H,(H,12,13)(H,14,15). The Kier molecular flexibility index (Phi) is 2.82. The second-order valence-electron chi connectivity index (χ2n) is 2.96. The lowest BCUT2D eigenvalue weighted by Gasteiger charge is -2.05. The van der Waals surface area contributed by atoms with Gasteiger partial charge in [0.25, 0.3) is 0 Å². The molecule has 6 heteroatoms. The molecule has 0 saturated carbocycles. The van der Waals surface area contributed by atoms with Gasteiger partial charge >= 0.3 is 5.97 Å². The maximum Gasteiger partial charge on any atom is 0.338 e. The van der Waals surface area contributed by atoms with Crippen LogP contribution in [0, 0.1) is 5.82 Å². The molecule has 0 aliphatic rings. The van der Waals surface area contributed by atoms with Crippen LogP contribution < -0.4 is 5.32 Å². The Morgan fingerprint density at radius 1 is 1.50 bits per heavy atom. The Morgan fingerprint density at radius 3 is 2.94 bits per heavy atom. The van der Waals surface area contributed by atoms with Gasteiger partial charge in [-0.1, -0.05) is 0 Å². The van der Waals surface area contributed by atoms with Crippen LogP contribution in [0.5, 0.6) is 0 Å². The summed E-state index contributed by atoms with van der Waals surface area (Å²) in [7, 11) is 0. The summed E-state index contributed by atoms with van der Waals surface area (Å²) in [6, 6.07) is 2.87. The van der Waals surface area contributed by atoms with E-state index < -0.39 is 17.3 Å². The predicted molar refractivity (Wildman–Crippen MR) is 58.8 cm³/mol. The van der Waals surface area contributed by atoms with Crippen LogP contribution in [0.25, 0.3) is 0 Å². The lowest BCUT2D eigenvalue weighted by atomic mass is 10.2. The van der Waals surface area contributed by atoms with Gasteiger partial charge in [0, 0.05) is 11.6 Å². The van der Waals surface area contributed by atoms with Gasteiger partial charge in [-0.3, -0.25) is 0 Å². The largest absolute Gasteiger partial charge is 0.478 e. The van der Waals surface area contributed by atoms with Gasteiger partial charge in [0.15, 0.2) is 11.6 Å². The summed E-state index contributed by atoms with van der Waals surface area (Å²) in [5.41, 5.74) is 0.284. The van der Waals surface area contributed by atoms with Crippen molar-refractivity contribution < 1.29 is 14.3 Å². The molecule has 0 amide bonds. The van der Waals surface area contributed by atoms with E-state index in [1.165, 1.54) is 17.5 Å². The number of thiophene rings is 1. The van der Waals surface area contributed by atoms with Gasteiger partial charge < -0.3 is 10.4 Å². The number of anilines is 2. The lowest BCUT2D eigenvalue weighted by Crippen LogP contribution is -2.05. The number of rotatable bonds is 3. The van der Waals surface area contributed by atoms with E-state index in [-0.39, 0.29) is 5.82 Å². The first-order valence-corrected chi connectivity index (χ1v) is 5.30. The molecule has 0 bridgehead atoms. The van der Waals surface area contributed by atoms with Crippen LogP contribution in [-0.4, -0.2) is 16.1 Å². The number of hydrogen-bond donors (Lipinski definition) is 2. The van der Waals surface area contributed by atoms with Gasteiger partial charge in [-0.05, 0) is 17.5 Å². The van der Waals surface area contributed by atoms with Crippen molar-refractivity contribution in [3.8, 4) is 0 Å². The summed E-state index contributed by atoms with van der Waals surface area (Å²) in [5, 5.41) is 15.0. The molecular formula is C10H7FN2O2S. The molecule has 2 N–H and O–H groups in total. The molecule has 0 radical (unpaired) electrons. The van der Waals surface area contributed by atoms with Gasteiger partial charge in [0.2, 0.25) is 0 Å². The van der Waals surface area contributed by atoms with Gasteiger partial charge in [0.1, 0.15) is 5.56 Å². The minimum absolute atomic E-state index is 0.0849.